The van der Waals surface area contributed by atoms with Crippen molar-refractivity contribution in [3.8, 4) is 11.7 Å². The first-order chi connectivity index (χ1) is 13.7. The SMILES string of the molecule is O=c1c2ccccc2c(/C=N/c2nc3c(s2)CCC3)c(O)n1-c1ccccn1. The number of benzene rings is 1. The van der Waals surface area contributed by atoms with Crippen molar-refractivity contribution in [2.45, 2.75) is 19.3 Å². The molecule has 0 unspecified atom stereocenters. The fraction of sp³-hybridized carbons (Fsp3) is 0.143. The Balaban J connectivity index is 1.71. The quantitative estimate of drug-likeness (QED) is 0.542. The lowest BCUT2D eigenvalue weighted by Gasteiger charge is -2.12. The van der Waals surface area contributed by atoms with Gasteiger partial charge in [-0.3, -0.25) is 4.79 Å². The Hall–Kier alpha value is -3.32. The van der Waals surface area contributed by atoms with Crippen LogP contribution in [-0.2, 0) is 12.8 Å². The predicted molar refractivity (Wildman–Crippen MR) is 110 cm³/mol. The van der Waals surface area contributed by atoms with Gasteiger partial charge < -0.3 is 5.11 Å². The van der Waals surface area contributed by atoms with Crippen LogP contribution in [0.4, 0.5) is 5.13 Å². The Labute approximate surface area is 164 Å². The molecule has 0 aliphatic heterocycles. The summed E-state index contributed by atoms with van der Waals surface area (Å²) in [7, 11) is 0. The molecule has 0 saturated heterocycles. The Bertz CT molecular complexity index is 1250. The van der Waals surface area contributed by atoms with Crippen LogP contribution < -0.4 is 5.56 Å². The first-order valence-electron chi connectivity index (χ1n) is 9.03. The van der Waals surface area contributed by atoms with Gasteiger partial charge in [-0.25, -0.2) is 19.5 Å². The lowest BCUT2D eigenvalue weighted by Crippen LogP contribution is -2.20. The van der Waals surface area contributed by atoms with Crippen LogP contribution >= 0.6 is 11.3 Å². The molecule has 0 saturated carbocycles. The number of rotatable bonds is 3. The second-order valence-electron chi connectivity index (χ2n) is 6.59. The normalized spacial score (nSPS) is 13.4. The smallest absolute Gasteiger partial charge is 0.267 e. The zero-order valence-corrected chi connectivity index (χ0v) is 15.7. The molecule has 6 nitrogen and oxygen atoms in total. The fourth-order valence-electron chi connectivity index (χ4n) is 3.54. The molecule has 1 N–H and O–H groups in total. The van der Waals surface area contributed by atoms with E-state index < -0.39 is 0 Å². The molecule has 0 fully saturated rings. The fourth-order valence-corrected chi connectivity index (χ4v) is 4.53. The van der Waals surface area contributed by atoms with Crippen molar-refractivity contribution in [2.75, 3.05) is 0 Å². The van der Waals surface area contributed by atoms with E-state index in [0.29, 0.717) is 27.3 Å². The molecule has 28 heavy (non-hydrogen) atoms. The van der Waals surface area contributed by atoms with Gasteiger partial charge in [0.25, 0.3) is 5.56 Å². The average Bonchev–Trinajstić information content (AvgIpc) is 3.31. The molecular formula is C21H16N4O2S. The third kappa shape index (κ3) is 2.71. The summed E-state index contributed by atoms with van der Waals surface area (Å²) in [6.07, 6.45) is 6.38. The van der Waals surface area contributed by atoms with E-state index in [-0.39, 0.29) is 11.4 Å². The third-order valence-corrected chi connectivity index (χ3v) is 5.94. The Kier molecular flexibility index (Phi) is 4.02. The minimum Gasteiger partial charge on any atom is -0.494 e. The van der Waals surface area contributed by atoms with Gasteiger partial charge >= 0.3 is 0 Å². The van der Waals surface area contributed by atoms with Crippen LogP contribution in [0.2, 0.25) is 0 Å². The molecule has 0 atom stereocenters. The van der Waals surface area contributed by atoms with Crippen molar-refractivity contribution >= 4 is 33.5 Å². The topological polar surface area (TPSA) is 80.4 Å². The van der Waals surface area contributed by atoms with Gasteiger partial charge in [-0.15, -0.1) is 0 Å². The molecule has 138 valence electrons. The lowest BCUT2D eigenvalue weighted by atomic mass is 10.1. The molecule has 3 heterocycles. The predicted octanol–water partition coefficient (Wildman–Crippen LogP) is 3.79. The molecule has 4 aromatic rings. The zero-order chi connectivity index (χ0) is 19.1. The van der Waals surface area contributed by atoms with Crippen LogP contribution in [0, 0.1) is 0 Å². The monoisotopic (exact) mass is 388 g/mol. The third-order valence-electron chi connectivity index (χ3n) is 4.87. The van der Waals surface area contributed by atoms with E-state index in [1.807, 2.05) is 12.1 Å². The van der Waals surface area contributed by atoms with Crippen LogP contribution in [0.1, 0.15) is 22.6 Å². The van der Waals surface area contributed by atoms with Gasteiger partial charge in [0, 0.05) is 28.1 Å². The number of thiazole rings is 1. The summed E-state index contributed by atoms with van der Waals surface area (Å²) < 4.78 is 1.21. The number of hydrogen-bond acceptors (Lipinski definition) is 6. The van der Waals surface area contributed by atoms with Gasteiger partial charge in [0.05, 0.1) is 11.3 Å². The number of aryl methyl sites for hydroxylation is 2. The first-order valence-corrected chi connectivity index (χ1v) is 9.85. The molecule has 0 bridgehead atoms. The molecule has 0 radical (unpaired) electrons. The molecule has 7 heteroatoms. The van der Waals surface area contributed by atoms with Gasteiger partial charge in [-0.1, -0.05) is 35.6 Å². The van der Waals surface area contributed by atoms with Crippen LogP contribution in [0.3, 0.4) is 0 Å². The van der Waals surface area contributed by atoms with Crippen LogP contribution in [0.15, 0.2) is 58.4 Å². The molecular weight excluding hydrogens is 372 g/mol. The minimum absolute atomic E-state index is 0.185. The summed E-state index contributed by atoms with van der Waals surface area (Å²) in [6.45, 7) is 0. The van der Waals surface area contributed by atoms with Crippen molar-refractivity contribution < 1.29 is 5.11 Å². The minimum atomic E-state index is -0.322. The van der Waals surface area contributed by atoms with E-state index in [1.54, 1.807) is 54.1 Å². The number of aromatic nitrogens is 3. The molecule has 5 rings (SSSR count). The van der Waals surface area contributed by atoms with Crippen LogP contribution in [-0.4, -0.2) is 25.9 Å². The first kappa shape index (κ1) is 16.8. The van der Waals surface area contributed by atoms with Crippen LogP contribution in [0.25, 0.3) is 16.6 Å². The van der Waals surface area contributed by atoms with E-state index >= 15 is 0 Å². The number of aliphatic imine (C=N–C) groups is 1. The van der Waals surface area contributed by atoms with Gasteiger partial charge in [-0.05, 0) is 37.5 Å². The highest BCUT2D eigenvalue weighted by molar-refractivity contribution is 7.15. The van der Waals surface area contributed by atoms with Gasteiger partial charge in [0.15, 0.2) is 0 Å². The van der Waals surface area contributed by atoms with E-state index in [4.69, 9.17) is 0 Å². The number of aromatic hydroxyl groups is 1. The van der Waals surface area contributed by atoms with Crippen molar-refractivity contribution in [3.63, 3.8) is 0 Å². The van der Waals surface area contributed by atoms with Gasteiger partial charge in [0.2, 0.25) is 11.0 Å². The number of fused-ring (bicyclic) bond motifs is 2. The maximum atomic E-state index is 13.0. The summed E-state index contributed by atoms with van der Waals surface area (Å²) in [6, 6.07) is 12.4. The number of nitrogens with zero attached hydrogens (tertiary/aromatic N) is 4. The van der Waals surface area contributed by atoms with E-state index in [2.05, 4.69) is 15.0 Å². The highest BCUT2D eigenvalue weighted by Gasteiger charge is 2.18. The molecule has 1 aliphatic rings. The largest absolute Gasteiger partial charge is 0.494 e. The van der Waals surface area contributed by atoms with E-state index in [1.165, 1.54) is 9.44 Å². The van der Waals surface area contributed by atoms with E-state index in [9.17, 15) is 9.90 Å². The zero-order valence-electron chi connectivity index (χ0n) is 14.9. The van der Waals surface area contributed by atoms with E-state index in [0.717, 1.165) is 25.0 Å². The Morgan fingerprint density at radius 3 is 2.71 bits per heavy atom. The molecule has 1 aromatic carbocycles. The van der Waals surface area contributed by atoms with Gasteiger partial charge in [0.1, 0.15) is 5.82 Å². The summed E-state index contributed by atoms with van der Waals surface area (Å²) in [5.74, 6) is 0.175. The maximum absolute atomic E-state index is 13.0. The van der Waals surface area contributed by atoms with Crippen molar-refractivity contribution in [3.05, 3.63) is 75.1 Å². The molecule has 1 aliphatic carbocycles. The molecule has 0 spiro atoms. The summed E-state index contributed by atoms with van der Waals surface area (Å²) in [4.78, 5) is 27.6. The Morgan fingerprint density at radius 1 is 1.11 bits per heavy atom. The maximum Gasteiger partial charge on any atom is 0.267 e. The highest BCUT2D eigenvalue weighted by atomic mass is 32.1. The number of hydrogen-bond donors (Lipinski definition) is 1. The Morgan fingerprint density at radius 2 is 1.93 bits per heavy atom. The summed E-state index contributed by atoms with van der Waals surface area (Å²) in [5, 5.41) is 12.7. The van der Waals surface area contributed by atoms with Gasteiger partial charge in [-0.2, -0.15) is 0 Å². The summed E-state index contributed by atoms with van der Waals surface area (Å²) >= 11 is 1.58. The van der Waals surface area contributed by atoms with Crippen molar-refractivity contribution in [2.24, 2.45) is 4.99 Å². The standard InChI is InChI=1S/C21H16N4O2S/c26-19-14-7-2-1-6-13(14)15(20(27)25(19)18-10-3-4-11-22-18)12-23-21-24-16-8-5-9-17(16)28-21/h1-4,6-7,10-12,27H,5,8-9H2/b23-12+. The summed E-state index contributed by atoms with van der Waals surface area (Å²) in [5.41, 5.74) is 1.28. The van der Waals surface area contributed by atoms with Crippen molar-refractivity contribution in [1.82, 2.24) is 14.5 Å². The van der Waals surface area contributed by atoms with Crippen molar-refractivity contribution in [1.29, 1.82) is 0 Å². The highest BCUT2D eigenvalue weighted by Crippen LogP contribution is 2.32. The average molecular weight is 388 g/mol. The second-order valence-corrected chi connectivity index (χ2v) is 7.65. The molecule has 3 aromatic heterocycles. The number of pyridine rings is 2. The van der Waals surface area contributed by atoms with Crippen LogP contribution in [0.5, 0.6) is 5.88 Å². The molecule has 0 amide bonds. The lowest BCUT2D eigenvalue weighted by molar-refractivity contribution is 0.435. The second kappa shape index (κ2) is 6.69.